The Kier molecular flexibility index (Phi) is 7.37. The second kappa shape index (κ2) is 9.80. The molecule has 0 aliphatic heterocycles. The Hall–Kier alpha value is -2.11. The van der Waals surface area contributed by atoms with Gasteiger partial charge in [0.15, 0.2) is 5.16 Å². The third-order valence-corrected chi connectivity index (χ3v) is 6.04. The van der Waals surface area contributed by atoms with E-state index >= 15 is 0 Å². The minimum absolute atomic E-state index is 0.0238. The monoisotopic (exact) mass is 424 g/mol. The van der Waals surface area contributed by atoms with Crippen molar-refractivity contribution in [1.29, 1.82) is 0 Å². The Labute approximate surface area is 183 Å². The number of rotatable bonds is 8. The van der Waals surface area contributed by atoms with Crippen LogP contribution in [0.1, 0.15) is 52.2 Å². The summed E-state index contributed by atoms with van der Waals surface area (Å²) < 4.78 is 7.46. The highest BCUT2D eigenvalue weighted by Gasteiger charge is 2.14. The summed E-state index contributed by atoms with van der Waals surface area (Å²) in [4.78, 5) is 17.9. The van der Waals surface area contributed by atoms with Crippen LogP contribution in [0.15, 0.2) is 58.5 Å². The molecule has 0 fully saturated rings. The molecule has 3 aromatic rings. The van der Waals surface area contributed by atoms with Gasteiger partial charge in [-0.1, -0.05) is 68.9 Å². The van der Waals surface area contributed by atoms with Crippen molar-refractivity contribution >= 4 is 22.7 Å². The number of benzene rings is 2. The first kappa shape index (κ1) is 22.6. The van der Waals surface area contributed by atoms with E-state index in [4.69, 9.17) is 9.72 Å². The smallest absolute Gasteiger partial charge is 0.262 e. The van der Waals surface area contributed by atoms with E-state index in [1.807, 2.05) is 38.1 Å². The van der Waals surface area contributed by atoms with Crippen LogP contribution in [0.25, 0.3) is 10.9 Å². The van der Waals surface area contributed by atoms with Gasteiger partial charge in [0.05, 0.1) is 17.0 Å². The predicted molar refractivity (Wildman–Crippen MR) is 126 cm³/mol. The highest BCUT2D eigenvalue weighted by Crippen LogP contribution is 2.26. The summed E-state index contributed by atoms with van der Waals surface area (Å²) in [6.45, 7) is 11.9. The first-order valence-electron chi connectivity index (χ1n) is 10.6. The highest BCUT2D eigenvalue weighted by molar-refractivity contribution is 7.98. The van der Waals surface area contributed by atoms with Gasteiger partial charge in [-0.05, 0) is 48.9 Å². The van der Waals surface area contributed by atoms with Crippen LogP contribution in [-0.4, -0.2) is 22.3 Å². The molecule has 0 radical (unpaired) electrons. The van der Waals surface area contributed by atoms with E-state index in [0.29, 0.717) is 18.5 Å². The largest absolute Gasteiger partial charge is 0.379 e. The third kappa shape index (κ3) is 5.73. The number of fused-ring (bicyclic) bond motifs is 1. The van der Waals surface area contributed by atoms with Gasteiger partial charge < -0.3 is 4.74 Å². The SMILES string of the molecule is CC(C)OCCCn1c(SCc2ccc(C(C)(C)C)cc2)nc2ccccc2c1=O. The average molecular weight is 425 g/mol. The van der Waals surface area contributed by atoms with Crippen molar-refractivity contribution in [3.05, 3.63) is 70.0 Å². The van der Waals surface area contributed by atoms with Gasteiger partial charge >= 0.3 is 0 Å². The molecule has 0 atom stereocenters. The Morgan fingerprint density at radius 2 is 1.77 bits per heavy atom. The van der Waals surface area contributed by atoms with Gasteiger partial charge in [0.2, 0.25) is 0 Å². The standard InChI is InChI=1S/C25H32N2O2S/c1-18(2)29-16-8-15-27-23(28)21-9-6-7-10-22(21)26-24(27)30-17-19-11-13-20(14-12-19)25(3,4)5/h6-7,9-14,18H,8,15-17H2,1-5H3. The van der Waals surface area contributed by atoms with Gasteiger partial charge in [-0.3, -0.25) is 9.36 Å². The third-order valence-electron chi connectivity index (χ3n) is 4.99. The zero-order chi connectivity index (χ0) is 21.7. The molecule has 0 aliphatic carbocycles. The molecule has 160 valence electrons. The van der Waals surface area contributed by atoms with E-state index in [2.05, 4.69) is 45.0 Å². The summed E-state index contributed by atoms with van der Waals surface area (Å²) >= 11 is 1.62. The van der Waals surface area contributed by atoms with Crippen molar-refractivity contribution in [3.63, 3.8) is 0 Å². The molecular formula is C25H32N2O2S. The molecule has 1 heterocycles. The van der Waals surface area contributed by atoms with Crippen molar-refractivity contribution in [1.82, 2.24) is 9.55 Å². The molecule has 0 saturated heterocycles. The van der Waals surface area contributed by atoms with Crippen LogP contribution in [0.3, 0.4) is 0 Å². The van der Waals surface area contributed by atoms with Gasteiger partial charge in [-0.25, -0.2) is 4.98 Å². The van der Waals surface area contributed by atoms with Crippen LogP contribution < -0.4 is 5.56 Å². The van der Waals surface area contributed by atoms with E-state index in [1.165, 1.54) is 11.1 Å². The van der Waals surface area contributed by atoms with Crippen LogP contribution in [0.5, 0.6) is 0 Å². The van der Waals surface area contributed by atoms with E-state index in [1.54, 1.807) is 16.3 Å². The lowest BCUT2D eigenvalue weighted by atomic mass is 9.87. The van der Waals surface area contributed by atoms with Gasteiger partial charge in [-0.2, -0.15) is 0 Å². The summed E-state index contributed by atoms with van der Waals surface area (Å²) in [6, 6.07) is 16.3. The summed E-state index contributed by atoms with van der Waals surface area (Å²) in [5.74, 6) is 0.775. The molecular weight excluding hydrogens is 392 g/mol. The van der Waals surface area contributed by atoms with E-state index < -0.39 is 0 Å². The second-order valence-corrected chi connectivity index (χ2v) is 9.82. The Bertz CT molecular complexity index is 1030. The van der Waals surface area contributed by atoms with Crippen molar-refractivity contribution in [2.75, 3.05) is 6.61 Å². The molecule has 0 spiro atoms. The van der Waals surface area contributed by atoms with Crippen LogP contribution in [-0.2, 0) is 22.4 Å². The van der Waals surface area contributed by atoms with Crippen molar-refractivity contribution in [2.24, 2.45) is 0 Å². The summed E-state index contributed by atoms with van der Waals surface area (Å²) in [6.07, 6.45) is 0.979. The summed E-state index contributed by atoms with van der Waals surface area (Å²) in [5, 5.41) is 1.43. The molecule has 0 aliphatic rings. The molecule has 30 heavy (non-hydrogen) atoms. The minimum atomic E-state index is 0.0238. The summed E-state index contributed by atoms with van der Waals surface area (Å²) in [5.41, 5.74) is 3.47. The maximum absolute atomic E-state index is 13.1. The molecule has 0 saturated carbocycles. The van der Waals surface area contributed by atoms with Crippen molar-refractivity contribution < 1.29 is 4.74 Å². The molecule has 1 aromatic heterocycles. The first-order valence-corrected chi connectivity index (χ1v) is 11.6. The molecule has 0 N–H and O–H groups in total. The lowest BCUT2D eigenvalue weighted by Gasteiger charge is -2.19. The molecule has 0 unspecified atom stereocenters. The minimum Gasteiger partial charge on any atom is -0.379 e. The fourth-order valence-electron chi connectivity index (χ4n) is 3.25. The van der Waals surface area contributed by atoms with Crippen molar-refractivity contribution in [2.45, 2.75) is 70.0 Å². The number of hydrogen-bond acceptors (Lipinski definition) is 4. The molecule has 4 nitrogen and oxygen atoms in total. The fourth-order valence-corrected chi connectivity index (χ4v) is 4.23. The number of ether oxygens (including phenoxy) is 1. The van der Waals surface area contributed by atoms with Gasteiger partial charge in [0, 0.05) is 18.9 Å². The summed E-state index contributed by atoms with van der Waals surface area (Å²) in [7, 11) is 0. The molecule has 0 amide bonds. The predicted octanol–water partition coefficient (Wildman–Crippen LogP) is 5.80. The maximum atomic E-state index is 13.1. The van der Waals surface area contributed by atoms with Gasteiger partial charge in [-0.15, -0.1) is 0 Å². The first-order chi connectivity index (χ1) is 14.3. The zero-order valence-electron chi connectivity index (χ0n) is 18.6. The maximum Gasteiger partial charge on any atom is 0.262 e. The van der Waals surface area contributed by atoms with Gasteiger partial charge in [0.25, 0.3) is 5.56 Å². The normalized spacial score (nSPS) is 12.1. The highest BCUT2D eigenvalue weighted by atomic mass is 32.2. The second-order valence-electron chi connectivity index (χ2n) is 8.88. The number of para-hydroxylation sites is 1. The molecule has 0 bridgehead atoms. The van der Waals surface area contributed by atoms with E-state index in [-0.39, 0.29) is 17.1 Å². The average Bonchev–Trinajstić information content (AvgIpc) is 2.70. The lowest BCUT2D eigenvalue weighted by molar-refractivity contribution is 0.0743. The van der Waals surface area contributed by atoms with E-state index in [0.717, 1.165) is 22.8 Å². The van der Waals surface area contributed by atoms with E-state index in [9.17, 15) is 4.79 Å². The Balaban J connectivity index is 1.82. The number of hydrogen-bond donors (Lipinski definition) is 0. The Morgan fingerprint density at radius 3 is 2.43 bits per heavy atom. The molecule has 2 aromatic carbocycles. The topological polar surface area (TPSA) is 44.1 Å². The van der Waals surface area contributed by atoms with Crippen LogP contribution in [0.4, 0.5) is 0 Å². The molecule has 5 heteroatoms. The zero-order valence-corrected chi connectivity index (χ0v) is 19.5. The van der Waals surface area contributed by atoms with Crippen LogP contribution in [0.2, 0.25) is 0 Å². The fraction of sp³-hybridized carbons (Fsp3) is 0.440. The Morgan fingerprint density at radius 1 is 1.07 bits per heavy atom. The quantitative estimate of drug-likeness (QED) is 0.260. The number of thioether (sulfide) groups is 1. The van der Waals surface area contributed by atoms with Crippen molar-refractivity contribution in [3.8, 4) is 0 Å². The lowest BCUT2D eigenvalue weighted by Crippen LogP contribution is -2.24. The van der Waals surface area contributed by atoms with Gasteiger partial charge in [0.1, 0.15) is 0 Å². The number of nitrogens with zero attached hydrogens (tertiary/aromatic N) is 2. The molecule has 3 rings (SSSR count). The van der Waals surface area contributed by atoms with Crippen LogP contribution in [0, 0.1) is 0 Å². The number of aromatic nitrogens is 2. The van der Waals surface area contributed by atoms with Crippen LogP contribution >= 0.6 is 11.8 Å².